The van der Waals surface area contributed by atoms with Gasteiger partial charge in [-0.2, -0.15) is 0 Å². The molecule has 0 spiro atoms. The minimum absolute atomic E-state index is 0.464. The van der Waals surface area contributed by atoms with Crippen LogP contribution in [0.3, 0.4) is 0 Å². The topological polar surface area (TPSA) is 55.6 Å². The first-order chi connectivity index (χ1) is 12.6. The number of hydrogen-bond donors (Lipinski definition) is 1. The number of fused-ring (bicyclic) bond motifs is 1. The van der Waals surface area contributed by atoms with Gasteiger partial charge in [0.2, 0.25) is 0 Å². The maximum Gasteiger partial charge on any atom is 0.165 e. The highest BCUT2D eigenvalue weighted by Crippen LogP contribution is 2.30. The second kappa shape index (κ2) is 6.94. The van der Waals surface area contributed by atoms with Crippen molar-refractivity contribution in [3.8, 4) is 11.5 Å². The molecule has 7 heteroatoms. The first-order valence-electron chi connectivity index (χ1n) is 8.04. The molecule has 1 N–H and O–H groups in total. The van der Waals surface area contributed by atoms with Crippen LogP contribution in [0.25, 0.3) is 11.5 Å². The highest BCUT2D eigenvalue weighted by Gasteiger charge is 2.18. The van der Waals surface area contributed by atoms with Crippen molar-refractivity contribution in [2.24, 2.45) is 0 Å². The number of benzene rings is 2. The van der Waals surface area contributed by atoms with E-state index >= 15 is 0 Å². The molecule has 130 valence electrons. The molecule has 5 nitrogen and oxygen atoms in total. The lowest BCUT2D eigenvalue weighted by molar-refractivity contribution is 0.762. The lowest BCUT2D eigenvalue weighted by Crippen LogP contribution is -2.10. The second-order valence-electron chi connectivity index (χ2n) is 5.96. The van der Waals surface area contributed by atoms with Crippen LogP contribution in [0.5, 0.6) is 0 Å². The van der Waals surface area contributed by atoms with Gasteiger partial charge in [0.1, 0.15) is 6.33 Å². The van der Waals surface area contributed by atoms with Gasteiger partial charge in [-0.1, -0.05) is 41.4 Å². The third kappa shape index (κ3) is 3.23. The van der Waals surface area contributed by atoms with Crippen molar-refractivity contribution in [3.05, 3.63) is 76.3 Å². The van der Waals surface area contributed by atoms with Crippen LogP contribution >= 0.6 is 23.2 Å². The first-order valence-corrected chi connectivity index (χ1v) is 8.80. The summed E-state index contributed by atoms with van der Waals surface area (Å²) in [5.41, 5.74) is 3.64. The van der Waals surface area contributed by atoms with E-state index in [-0.39, 0.29) is 0 Å². The van der Waals surface area contributed by atoms with E-state index in [1.165, 1.54) is 11.9 Å². The molecule has 0 aromatic heterocycles. The maximum atomic E-state index is 6.29. The summed E-state index contributed by atoms with van der Waals surface area (Å²) in [5.74, 6) is 1.37. The fraction of sp³-hybridized carbons (Fsp3) is 0.105. The fourth-order valence-electron chi connectivity index (χ4n) is 2.80. The van der Waals surface area contributed by atoms with Crippen molar-refractivity contribution in [3.63, 3.8) is 0 Å². The smallest absolute Gasteiger partial charge is 0.165 e. The van der Waals surface area contributed by atoms with Crippen LogP contribution in [0.1, 0.15) is 11.1 Å². The number of rotatable bonds is 4. The largest absolute Gasteiger partial charge is 0.338 e. The van der Waals surface area contributed by atoms with E-state index in [2.05, 4.69) is 26.3 Å². The van der Waals surface area contributed by atoms with Crippen LogP contribution in [0.2, 0.25) is 10.0 Å². The minimum Gasteiger partial charge on any atom is -0.338 e. The third-order valence-electron chi connectivity index (χ3n) is 4.07. The Morgan fingerprint density at radius 1 is 1.00 bits per heavy atom. The van der Waals surface area contributed by atoms with Gasteiger partial charge in [-0.05, 0) is 36.8 Å². The minimum atomic E-state index is 0.464. The van der Waals surface area contributed by atoms with E-state index < -0.39 is 0 Å². The number of nitrogens with zero attached hydrogens (tertiary/aromatic N) is 4. The quantitative estimate of drug-likeness (QED) is 0.527. The van der Waals surface area contributed by atoms with Crippen LogP contribution in [-0.2, 0) is 6.54 Å². The standard InChI is InChI=1S/C19H15Cl2N5/c1-12-4-2-5-13(8-12)25-18-17-19(23-10-22-17)26(11-24-18)9-14-15(20)6-3-7-16(14)21/h2-8,10-11,25H,9H2,1H3. The number of nitrogens with one attached hydrogen (secondary N) is 1. The van der Waals surface area contributed by atoms with Gasteiger partial charge in [0.25, 0.3) is 0 Å². The molecule has 0 saturated carbocycles. The normalized spacial score (nSPS) is 11.0. The molecule has 0 fully saturated rings. The molecule has 0 bridgehead atoms. The molecule has 0 radical (unpaired) electrons. The average Bonchev–Trinajstić information content (AvgIpc) is 3.10. The van der Waals surface area contributed by atoms with Crippen molar-refractivity contribution in [2.75, 3.05) is 5.32 Å². The number of hydrogen-bond acceptors (Lipinski definition) is 4. The zero-order valence-electron chi connectivity index (χ0n) is 13.9. The number of anilines is 2. The van der Waals surface area contributed by atoms with Crippen molar-refractivity contribution in [2.45, 2.75) is 13.5 Å². The molecule has 26 heavy (non-hydrogen) atoms. The van der Waals surface area contributed by atoms with Gasteiger partial charge in [0.05, 0.1) is 12.9 Å². The fourth-order valence-corrected chi connectivity index (χ4v) is 3.32. The van der Waals surface area contributed by atoms with Gasteiger partial charge in [-0.3, -0.25) is 0 Å². The van der Waals surface area contributed by atoms with Crippen molar-refractivity contribution >= 4 is 34.7 Å². The van der Waals surface area contributed by atoms with Crippen LogP contribution in [0.4, 0.5) is 11.5 Å². The van der Waals surface area contributed by atoms with Crippen LogP contribution in [-0.4, -0.2) is 19.5 Å². The maximum absolute atomic E-state index is 6.29. The summed E-state index contributed by atoms with van der Waals surface area (Å²) in [6.07, 6.45) is 3.24. The van der Waals surface area contributed by atoms with Crippen LogP contribution < -0.4 is 5.32 Å². The molecule has 2 aromatic rings. The summed E-state index contributed by atoms with van der Waals surface area (Å²) in [6, 6.07) is 13.5. The van der Waals surface area contributed by atoms with Gasteiger partial charge in [-0.25, -0.2) is 15.0 Å². The van der Waals surface area contributed by atoms with E-state index in [1.54, 1.807) is 6.33 Å². The zero-order chi connectivity index (χ0) is 18.1. The van der Waals surface area contributed by atoms with Crippen LogP contribution in [0.15, 0.2) is 55.1 Å². The zero-order valence-corrected chi connectivity index (χ0v) is 15.5. The summed E-state index contributed by atoms with van der Waals surface area (Å²) in [7, 11) is 0. The van der Waals surface area contributed by atoms with Gasteiger partial charge in [0.15, 0.2) is 17.3 Å². The van der Waals surface area contributed by atoms with E-state index in [0.29, 0.717) is 33.9 Å². The Hall–Kier alpha value is -2.63. The molecule has 2 heterocycles. The Kier molecular flexibility index (Phi) is 4.49. The van der Waals surface area contributed by atoms with E-state index in [0.717, 1.165) is 11.3 Å². The molecule has 0 aliphatic carbocycles. The average molecular weight is 384 g/mol. The summed E-state index contributed by atoms with van der Waals surface area (Å²) < 4.78 is 1.89. The van der Waals surface area contributed by atoms with Crippen molar-refractivity contribution in [1.29, 1.82) is 0 Å². The Morgan fingerprint density at radius 2 is 1.77 bits per heavy atom. The molecule has 2 aliphatic heterocycles. The highest BCUT2D eigenvalue weighted by atomic mass is 35.5. The Morgan fingerprint density at radius 3 is 2.54 bits per heavy atom. The molecule has 0 unspecified atom stereocenters. The molecular weight excluding hydrogens is 369 g/mol. The molecule has 0 amide bonds. The van der Waals surface area contributed by atoms with Gasteiger partial charge in [0, 0.05) is 21.3 Å². The Bertz CT molecular complexity index is 1020. The molecule has 2 aromatic carbocycles. The van der Waals surface area contributed by atoms with E-state index in [9.17, 15) is 0 Å². The van der Waals surface area contributed by atoms with Gasteiger partial charge in [-0.15, -0.1) is 0 Å². The lowest BCUT2D eigenvalue weighted by atomic mass is 10.2. The number of imidazole rings is 1. The summed E-state index contributed by atoms with van der Waals surface area (Å²) in [4.78, 5) is 13.3. The molecule has 0 atom stereocenters. The van der Waals surface area contributed by atoms with Crippen LogP contribution in [0, 0.1) is 6.92 Å². The van der Waals surface area contributed by atoms with Crippen molar-refractivity contribution < 1.29 is 0 Å². The van der Waals surface area contributed by atoms with E-state index in [1.807, 2.05) is 47.9 Å². The van der Waals surface area contributed by atoms with Gasteiger partial charge >= 0.3 is 0 Å². The number of aryl methyl sites for hydroxylation is 1. The summed E-state index contributed by atoms with van der Waals surface area (Å²) in [6.45, 7) is 2.51. The monoisotopic (exact) mass is 383 g/mol. The SMILES string of the molecule is Cc1cccc(Nc2ncn(Cc3c(Cl)cccc3Cl)c3ncnc2-3)c1. The summed E-state index contributed by atoms with van der Waals surface area (Å²) in [5, 5.41) is 4.53. The molecule has 2 aliphatic rings. The predicted molar refractivity (Wildman–Crippen MR) is 104 cm³/mol. The lowest BCUT2D eigenvalue weighted by Gasteiger charge is -2.15. The second-order valence-corrected chi connectivity index (χ2v) is 6.78. The molecule has 4 rings (SSSR count). The number of halogens is 2. The van der Waals surface area contributed by atoms with Gasteiger partial charge < -0.3 is 9.88 Å². The van der Waals surface area contributed by atoms with Crippen molar-refractivity contribution in [1.82, 2.24) is 19.5 Å². The molecular formula is C19H15Cl2N5. The predicted octanol–water partition coefficient (Wildman–Crippen LogP) is 5.19. The first kappa shape index (κ1) is 16.8. The van der Waals surface area contributed by atoms with E-state index in [4.69, 9.17) is 23.2 Å². The summed E-state index contributed by atoms with van der Waals surface area (Å²) >= 11 is 12.6. The highest BCUT2D eigenvalue weighted by molar-refractivity contribution is 6.35. The third-order valence-corrected chi connectivity index (χ3v) is 4.78. The molecule has 0 saturated heterocycles. The number of aromatic nitrogens is 4. The Balaban J connectivity index is 1.70. The Labute approximate surface area is 161 Å².